The summed E-state index contributed by atoms with van der Waals surface area (Å²) in [6, 6.07) is 1.41. The van der Waals surface area contributed by atoms with Crippen molar-refractivity contribution in [3.05, 3.63) is 23.7 Å². The number of nitrogens with zero attached hydrogens (tertiary/aromatic N) is 2. The number of pyridine rings is 1. The number of amides is 2. The van der Waals surface area contributed by atoms with Gasteiger partial charge >= 0.3 is 5.97 Å². The molecule has 0 aliphatic carbocycles. The van der Waals surface area contributed by atoms with Gasteiger partial charge in [-0.1, -0.05) is 0 Å². The highest BCUT2D eigenvalue weighted by Gasteiger charge is 2.30. The normalized spacial score (nSPS) is 19.1. The van der Waals surface area contributed by atoms with E-state index in [4.69, 9.17) is 5.11 Å². The van der Waals surface area contributed by atoms with Crippen molar-refractivity contribution < 1.29 is 19.5 Å². The van der Waals surface area contributed by atoms with Gasteiger partial charge in [0, 0.05) is 12.6 Å². The van der Waals surface area contributed by atoms with Crippen LogP contribution in [0, 0.1) is 0 Å². The lowest BCUT2D eigenvalue weighted by molar-refractivity contribution is -0.134. The van der Waals surface area contributed by atoms with Crippen molar-refractivity contribution in [1.82, 2.24) is 20.3 Å². The first-order valence-electron chi connectivity index (χ1n) is 5.97. The molecule has 0 saturated carbocycles. The molecule has 8 heteroatoms. The maximum atomic E-state index is 11.8. The summed E-state index contributed by atoms with van der Waals surface area (Å²) in [6.45, 7) is 0. The largest absolute Gasteiger partial charge is 0.478 e. The molecule has 0 aromatic carbocycles. The molecule has 2 aromatic rings. The summed E-state index contributed by atoms with van der Waals surface area (Å²) in [5.74, 6) is -1.95. The summed E-state index contributed by atoms with van der Waals surface area (Å²) in [6.07, 6.45) is 1.83. The zero-order chi connectivity index (χ0) is 14.3. The van der Waals surface area contributed by atoms with E-state index in [2.05, 4.69) is 20.3 Å². The Kier molecular flexibility index (Phi) is 2.70. The number of H-pyrrole nitrogens is 1. The lowest BCUT2D eigenvalue weighted by atomic mass is 9.98. The monoisotopic (exact) mass is 274 g/mol. The maximum absolute atomic E-state index is 11.8. The molecule has 0 radical (unpaired) electrons. The van der Waals surface area contributed by atoms with E-state index in [1.165, 1.54) is 12.3 Å². The molecule has 0 spiro atoms. The van der Waals surface area contributed by atoms with Gasteiger partial charge in [0.1, 0.15) is 5.82 Å². The summed E-state index contributed by atoms with van der Waals surface area (Å²) in [7, 11) is 0. The zero-order valence-corrected chi connectivity index (χ0v) is 10.2. The average Bonchev–Trinajstić information content (AvgIpc) is 2.80. The molecule has 1 aliphatic rings. The highest BCUT2D eigenvalue weighted by molar-refractivity contribution is 6.00. The van der Waals surface area contributed by atoms with Crippen molar-refractivity contribution in [3.63, 3.8) is 0 Å². The van der Waals surface area contributed by atoms with E-state index in [0.717, 1.165) is 0 Å². The van der Waals surface area contributed by atoms with Gasteiger partial charge in [-0.25, -0.2) is 14.8 Å². The van der Waals surface area contributed by atoms with E-state index in [-0.39, 0.29) is 17.9 Å². The lowest BCUT2D eigenvalue weighted by Crippen LogP contribution is -2.39. The molecular weight excluding hydrogens is 264 g/mol. The van der Waals surface area contributed by atoms with Crippen molar-refractivity contribution in [2.45, 2.75) is 18.8 Å². The summed E-state index contributed by atoms with van der Waals surface area (Å²) < 4.78 is 0. The molecule has 3 N–H and O–H groups in total. The van der Waals surface area contributed by atoms with Gasteiger partial charge in [0.15, 0.2) is 5.65 Å². The van der Waals surface area contributed by atoms with Gasteiger partial charge in [-0.05, 0) is 12.5 Å². The fourth-order valence-corrected chi connectivity index (χ4v) is 2.16. The van der Waals surface area contributed by atoms with Gasteiger partial charge in [-0.3, -0.25) is 14.9 Å². The number of nitrogens with one attached hydrogen (secondary N) is 2. The number of piperidine rings is 1. The number of rotatable bonds is 2. The van der Waals surface area contributed by atoms with Crippen molar-refractivity contribution in [2.75, 3.05) is 0 Å². The van der Waals surface area contributed by atoms with E-state index in [0.29, 0.717) is 23.4 Å². The van der Waals surface area contributed by atoms with Crippen LogP contribution in [0.4, 0.5) is 0 Å². The van der Waals surface area contributed by atoms with Crippen molar-refractivity contribution in [2.24, 2.45) is 0 Å². The summed E-state index contributed by atoms with van der Waals surface area (Å²) in [5.41, 5.74) is 0.829. The Morgan fingerprint density at radius 2 is 2.20 bits per heavy atom. The maximum Gasteiger partial charge on any atom is 0.337 e. The second-order valence-corrected chi connectivity index (χ2v) is 4.53. The first-order chi connectivity index (χ1) is 9.54. The van der Waals surface area contributed by atoms with Gasteiger partial charge in [-0.15, -0.1) is 0 Å². The number of aromatic amines is 1. The highest BCUT2D eigenvalue weighted by atomic mass is 16.4. The van der Waals surface area contributed by atoms with Crippen molar-refractivity contribution >= 4 is 28.9 Å². The fraction of sp³-hybridized carbons (Fsp3) is 0.250. The first-order valence-corrected chi connectivity index (χ1v) is 5.97. The molecule has 2 amide bonds. The SMILES string of the molecule is O=C1CCC(c2nc3ncc(C(=O)O)cc3[nH]2)C(=O)N1. The second kappa shape index (κ2) is 4.41. The summed E-state index contributed by atoms with van der Waals surface area (Å²) >= 11 is 0. The van der Waals surface area contributed by atoms with Crippen LogP contribution in [-0.4, -0.2) is 37.8 Å². The average molecular weight is 274 g/mol. The molecule has 3 rings (SSSR count). The number of hydrogen-bond donors (Lipinski definition) is 3. The molecule has 2 aromatic heterocycles. The third-order valence-corrected chi connectivity index (χ3v) is 3.17. The van der Waals surface area contributed by atoms with Gasteiger partial charge in [0.2, 0.25) is 11.8 Å². The van der Waals surface area contributed by atoms with Crippen LogP contribution in [0.5, 0.6) is 0 Å². The van der Waals surface area contributed by atoms with Crippen molar-refractivity contribution in [1.29, 1.82) is 0 Å². The van der Waals surface area contributed by atoms with E-state index in [1.807, 2.05) is 0 Å². The van der Waals surface area contributed by atoms with Gasteiger partial charge < -0.3 is 10.1 Å². The highest BCUT2D eigenvalue weighted by Crippen LogP contribution is 2.24. The Morgan fingerprint density at radius 1 is 1.40 bits per heavy atom. The third-order valence-electron chi connectivity index (χ3n) is 3.17. The van der Waals surface area contributed by atoms with Crippen LogP contribution in [0.25, 0.3) is 11.2 Å². The molecule has 8 nitrogen and oxygen atoms in total. The number of imide groups is 1. The summed E-state index contributed by atoms with van der Waals surface area (Å²) in [4.78, 5) is 44.7. The number of fused-ring (bicyclic) bond motifs is 1. The minimum absolute atomic E-state index is 0.0379. The number of carboxylic acids is 1. The Morgan fingerprint density at radius 3 is 2.90 bits per heavy atom. The number of hydrogen-bond acceptors (Lipinski definition) is 5. The standard InChI is InChI=1S/C12H10N4O4/c17-8-2-1-6(11(18)15-8)9-14-7-3-5(12(19)20)4-13-10(7)16-9/h3-4,6H,1-2H2,(H,19,20)(H,13,14,16)(H,15,17,18). The predicted octanol–water partition coefficient (Wildman–Crippen LogP) is 0.176. The van der Waals surface area contributed by atoms with Gasteiger partial charge in [-0.2, -0.15) is 0 Å². The minimum Gasteiger partial charge on any atom is -0.478 e. The zero-order valence-electron chi connectivity index (χ0n) is 10.2. The lowest BCUT2D eigenvalue weighted by Gasteiger charge is -2.18. The molecule has 0 bridgehead atoms. The molecule has 3 heterocycles. The van der Waals surface area contributed by atoms with Crippen LogP contribution in [0.3, 0.4) is 0 Å². The molecule has 1 aliphatic heterocycles. The number of carbonyl (C=O) groups is 3. The van der Waals surface area contributed by atoms with Crippen LogP contribution in [-0.2, 0) is 9.59 Å². The molecule has 1 fully saturated rings. The summed E-state index contributed by atoms with van der Waals surface area (Å²) in [5, 5.41) is 11.1. The van der Waals surface area contributed by atoms with E-state index < -0.39 is 17.8 Å². The van der Waals surface area contributed by atoms with E-state index in [1.54, 1.807) is 0 Å². The van der Waals surface area contributed by atoms with Crippen LogP contribution >= 0.6 is 0 Å². The topological polar surface area (TPSA) is 125 Å². The smallest absolute Gasteiger partial charge is 0.337 e. The molecular formula is C12H10N4O4. The van der Waals surface area contributed by atoms with Gasteiger partial charge in [0.05, 0.1) is 17.0 Å². The molecule has 102 valence electrons. The third kappa shape index (κ3) is 2.00. The molecule has 1 unspecified atom stereocenters. The van der Waals surface area contributed by atoms with Crippen LogP contribution < -0.4 is 5.32 Å². The Balaban J connectivity index is 1.98. The minimum atomic E-state index is -1.09. The van der Waals surface area contributed by atoms with E-state index >= 15 is 0 Å². The Labute approximate surface area is 112 Å². The van der Waals surface area contributed by atoms with Crippen LogP contribution in [0.1, 0.15) is 34.9 Å². The number of carboxylic acid groups (broad SMARTS) is 1. The Bertz CT molecular complexity index is 736. The predicted molar refractivity (Wildman–Crippen MR) is 66.0 cm³/mol. The van der Waals surface area contributed by atoms with Crippen LogP contribution in [0.2, 0.25) is 0 Å². The fourth-order valence-electron chi connectivity index (χ4n) is 2.16. The Hall–Kier alpha value is -2.77. The van der Waals surface area contributed by atoms with E-state index in [9.17, 15) is 14.4 Å². The van der Waals surface area contributed by atoms with Crippen LogP contribution in [0.15, 0.2) is 12.3 Å². The number of imidazole rings is 1. The molecule has 1 atom stereocenters. The first kappa shape index (κ1) is 12.3. The molecule has 1 saturated heterocycles. The molecule has 20 heavy (non-hydrogen) atoms. The van der Waals surface area contributed by atoms with Crippen molar-refractivity contribution in [3.8, 4) is 0 Å². The number of aromatic carboxylic acids is 1. The van der Waals surface area contributed by atoms with Gasteiger partial charge in [0.25, 0.3) is 0 Å². The number of carbonyl (C=O) groups excluding carboxylic acids is 2. The number of aromatic nitrogens is 3. The quantitative estimate of drug-likeness (QED) is 0.670. The second-order valence-electron chi connectivity index (χ2n) is 4.53.